The number of nitrogens with zero attached hydrogens (tertiary/aromatic N) is 2. The lowest BCUT2D eigenvalue weighted by molar-refractivity contribution is -0.127. The van der Waals surface area contributed by atoms with Gasteiger partial charge in [-0.15, -0.1) is 0 Å². The molecule has 1 saturated heterocycles. The lowest BCUT2D eigenvalue weighted by Gasteiger charge is -2.21. The summed E-state index contributed by atoms with van der Waals surface area (Å²) >= 11 is 0. The number of carbonyl (C=O) groups excluding carboxylic acids is 2. The largest absolute Gasteiger partial charge is 0.351 e. The number of amides is 2. The van der Waals surface area contributed by atoms with Crippen LogP contribution in [0.1, 0.15) is 52.4 Å². The van der Waals surface area contributed by atoms with E-state index < -0.39 is 0 Å². The fourth-order valence-electron chi connectivity index (χ4n) is 5.64. The van der Waals surface area contributed by atoms with Gasteiger partial charge in [-0.3, -0.25) is 9.59 Å². The van der Waals surface area contributed by atoms with Crippen molar-refractivity contribution in [2.45, 2.75) is 31.7 Å². The molecule has 2 N–H and O–H groups in total. The Balaban J connectivity index is 1.57. The molecule has 2 heterocycles. The number of nitrogens with one attached hydrogen (secondary N) is 2. The van der Waals surface area contributed by atoms with Gasteiger partial charge in [0.1, 0.15) is 5.69 Å². The van der Waals surface area contributed by atoms with Crippen LogP contribution in [0.25, 0.3) is 10.9 Å². The summed E-state index contributed by atoms with van der Waals surface area (Å²) in [5, 5.41) is 7.53. The Kier molecular flexibility index (Phi) is 8.19. The maximum atomic E-state index is 14.0. The predicted molar refractivity (Wildman–Crippen MR) is 152 cm³/mol. The zero-order valence-corrected chi connectivity index (χ0v) is 22.0. The number of carbonyl (C=O) groups is 2. The Morgan fingerprint density at radius 1 is 0.868 bits per heavy atom. The van der Waals surface area contributed by atoms with E-state index in [0.717, 1.165) is 53.5 Å². The van der Waals surface area contributed by atoms with E-state index in [1.54, 1.807) is 0 Å². The van der Waals surface area contributed by atoms with Crippen molar-refractivity contribution in [1.82, 2.24) is 20.1 Å². The SMILES string of the molecule is CNCCn1c(C(=O)NCCCN2CCCC2=O)c(C(c2ccccc2)c2ccccc2)c2ccccc21. The lowest BCUT2D eigenvalue weighted by atomic mass is 9.83. The van der Waals surface area contributed by atoms with E-state index in [1.807, 2.05) is 30.1 Å². The van der Waals surface area contributed by atoms with Crippen molar-refractivity contribution in [2.75, 3.05) is 33.2 Å². The van der Waals surface area contributed by atoms with Crippen LogP contribution in [0.2, 0.25) is 0 Å². The molecule has 5 rings (SSSR count). The van der Waals surface area contributed by atoms with E-state index in [4.69, 9.17) is 0 Å². The average Bonchev–Trinajstić information content (AvgIpc) is 3.52. The molecule has 3 aromatic carbocycles. The number of rotatable bonds is 11. The highest BCUT2D eigenvalue weighted by Gasteiger charge is 2.30. The van der Waals surface area contributed by atoms with Gasteiger partial charge in [0.05, 0.1) is 0 Å². The van der Waals surface area contributed by atoms with Crippen LogP contribution in [0, 0.1) is 0 Å². The molecule has 1 fully saturated rings. The van der Waals surface area contributed by atoms with Crippen molar-refractivity contribution >= 4 is 22.7 Å². The molecule has 6 nitrogen and oxygen atoms in total. The van der Waals surface area contributed by atoms with Crippen LogP contribution in [0.3, 0.4) is 0 Å². The van der Waals surface area contributed by atoms with Gasteiger partial charge in [-0.05, 0) is 37.1 Å². The quantitative estimate of drug-likeness (QED) is 0.287. The first kappa shape index (κ1) is 25.7. The van der Waals surface area contributed by atoms with Gasteiger partial charge in [-0.2, -0.15) is 0 Å². The molecule has 0 saturated carbocycles. The third kappa shape index (κ3) is 5.36. The summed E-state index contributed by atoms with van der Waals surface area (Å²) in [6, 6.07) is 29.2. The summed E-state index contributed by atoms with van der Waals surface area (Å²) in [7, 11) is 1.93. The van der Waals surface area contributed by atoms with Crippen LogP contribution in [-0.4, -0.2) is 54.5 Å². The molecule has 1 aromatic heterocycles. The number of fused-ring (bicyclic) bond motifs is 1. The fourth-order valence-corrected chi connectivity index (χ4v) is 5.64. The highest BCUT2D eigenvalue weighted by atomic mass is 16.2. The topological polar surface area (TPSA) is 66.4 Å². The third-order valence-electron chi connectivity index (χ3n) is 7.43. The van der Waals surface area contributed by atoms with Crippen molar-refractivity contribution in [2.24, 2.45) is 0 Å². The van der Waals surface area contributed by atoms with Crippen LogP contribution in [0.15, 0.2) is 84.9 Å². The van der Waals surface area contributed by atoms with Crippen molar-refractivity contribution in [1.29, 1.82) is 0 Å². The zero-order valence-electron chi connectivity index (χ0n) is 22.0. The molecule has 1 aliphatic heterocycles. The van der Waals surface area contributed by atoms with Gasteiger partial charge in [0.25, 0.3) is 5.91 Å². The average molecular weight is 509 g/mol. The minimum absolute atomic E-state index is 0.0723. The second-order valence-electron chi connectivity index (χ2n) is 9.88. The number of aromatic nitrogens is 1. The monoisotopic (exact) mass is 508 g/mol. The summed E-state index contributed by atoms with van der Waals surface area (Å²) in [6.45, 7) is 3.46. The Hall–Kier alpha value is -3.90. The van der Waals surface area contributed by atoms with Crippen LogP contribution < -0.4 is 10.6 Å². The first-order valence-electron chi connectivity index (χ1n) is 13.6. The Labute approximate surface area is 224 Å². The predicted octanol–water partition coefficient (Wildman–Crippen LogP) is 4.78. The Morgan fingerprint density at radius 2 is 1.53 bits per heavy atom. The normalized spacial score (nSPS) is 13.5. The minimum atomic E-state index is -0.0962. The number of hydrogen-bond donors (Lipinski definition) is 2. The summed E-state index contributed by atoms with van der Waals surface area (Å²) in [5.41, 5.74) is 5.09. The number of likely N-dealkylation sites (tertiary alicyclic amines) is 1. The van der Waals surface area contributed by atoms with Crippen LogP contribution in [0.4, 0.5) is 0 Å². The van der Waals surface area contributed by atoms with E-state index in [1.165, 1.54) is 0 Å². The van der Waals surface area contributed by atoms with E-state index >= 15 is 0 Å². The molecule has 2 amide bonds. The molecule has 0 radical (unpaired) electrons. The van der Waals surface area contributed by atoms with Gasteiger partial charge < -0.3 is 20.1 Å². The minimum Gasteiger partial charge on any atom is -0.351 e. The number of benzene rings is 3. The van der Waals surface area contributed by atoms with E-state index in [-0.39, 0.29) is 17.7 Å². The molecule has 1 aliphatic rings. The fraction of sp³-hybridized carbons (Fsp3) is 0.312. The summed E-state index contributed by atoms with van der Waals surface area (Å²) in [4.78, 5) is 27.9. The molecular weight excluding hydrogens is 472 g/mol. The zero-order chi connectivity index (χ0) is 26.3. The van der Waals surface area contributed by atoms with Gasteiger partial charge in [0.2, 0.25) is 5.91 Å². The van der Waals surface area contributed by atoms with Crippen molar-refractivity contribution in [3.8, 4) is 0 Å². The van der Waals surface area contributed by atoms with Gasteiger partial charge in [0, 0.05) is 61.5 Å². The number of hydrogen-bond acceptors (Lipinski definition) is 3. The number of para-hydroxylation sites is 1. The molecular formula is C32H36N4O2. The van der Waals surface area contributed by atoms with Gasteiger partial charge in [-0.1, -0.05) is 78.9 Å². The summed E-state index contributed by atoms with van der Waals surface area (Å²) in [6.07, 6.45) is 2.31. The molecule has 4 aromatic rings. The van der Waals surface area contributed by atoms with E-state index in [2.05, 4.69) is 81.9 Å². The third-order valence-corrected chi connectivity index (χ3v) is 7.43. The number of likely N-dealkylation sites (N-methyl/N-ethyl adjacent to an activating group) is 1. The summed E-state index contributed by atoms with van der Waals surface area (Å²) in [5.74, 6) is 0.0531. The molecule has 0 atom stereocenters. The van der Waals surface area contributed by atoms with Crippen LogP contribution in [0.5, 0.6) is 0 Å². The first-order valence-corrected chi connectivity index (χ1v) is 13.6. The van der Waals surface area contributed by atoms with Gasteiger partial charge in [-0.25, -0.2) is 0 Å². The molecule has 196 valence electrons. The molecule has 38 heavy (non-hydrogen) atoms. The molecule has 0 spiro atoms. The van der Waals surface area contributed by atoms with Gasteiger partial charge >= 0.3 is 0 Å². The van der Waals surface area contributed by atoms with E-state index in [0.29, 0.717) is 31.7 Å². The van der Waals surface area contributed by atoms with Crippen molar-refractivity contribution in [3.63, 3.8) is 0 Å². The van der Waals surface area contributed by atoms with Crippen LogP contribution in [-0.2, 0) is 11.3 Å². The smallest absolute Gasteiger partial charge is 0.268 e. The molecule has 0 unspecified atom stereocenters. The second-order valence-corrected chi connectivity index (χ2v) is 9.88. The Bertz CT molecular complexity index is 1340. The van der Waals surface area contributed by atoms with Crippen LogP contribution >= 0.6 is 0 Å². The Morgan fingerprint density at radius 3 is 2.16 bits per heavy atom. The summed E-state index contributed by atoms with van der Waals surface area (Å²) < 4.78 is 2.17. The van der Waals surface area contributed by atoms with E-state index in [9.17, 15) is 9.59 Å². The second kappa shape index (κ2) is 12.1. The molecule has 0 bridgehead atoms. The molecule has 0 aliphatic carbocycles. The highest BCUT2D eigenvalue weighted by Crippen LogP contribution is 2.40. The maximum Gasteiger partial charge on any atom is 0.268 e. The maximum absolute atomic E-state index is 14.0. The lowest BCUT2D eigenvalue weighted by Crippen LogP contribution is -2.32. The molecule has 6 heteroatoms. The van der Waals surface area contributed by atoms with Crippen molar-refractivity contribution in [3.05, 3.63) is 107 Å². The van der Waals surface area contributed by atoms with Gasteiger partial charge in [0.15, 0.2) is 0 Å². The highest BCUT2D eigenvalue weighted by molar-refractivity contribution is 6.02. The standard InChI is InChI=1S/C32H36N4O2/c1-33-20-23-36-27-17-9-8-16-26(27)30(29(24-12-4-2-5-13-24)25-14-6-3-7-15-25)31(36)32(38)34-19-11-22-35-21-10-18-28(35)37/h2-9,12-17,29,33H,10-11,18-23H2,1H3,(H,34,38). The first-order chi connectivity index (χ1) is 18.7. The van der Waals surface area contributed by atoms with Crippen molar-refractivity contribution < 1.29 is 9.59 Å².